The molecule has 1 aromatic heterocycles. The third-order valence-corrected chi connectivity index (χ3v) is 3.35. The van der Waals surface area contributed by atoms with Gasteiger partial charge in [-0.1, -0.05) is 18.2 Å². The maximum atomic E-state index is 13.5. The SMILES string of the molecule is N#CCCN(Cc1cccnc1)C(=O)CCOc1ccccc1F. The average molecular weight is 327 g/mol. The molecule has 0 saturated carbocycles. The Kier molecular flexibility index (Phi) is 6.72. The molecule has 0 aliphatic rings. The molecule has 1 heterocycles. The van der Waals surface area contributed by atoms with Crippen molar-refractivity contribution >= 4 is 5.91 Å². The lowest BCUT2D eigenvalue weighted by molar-refractivity contribution is -0.132. The highest BCUT2D eigenvalue weighted by Crippen LogP contribution is 2.15. The minimum atomic E-state index is -0.457. The van der Waals surface area contributed by atoms with Crippen molar-refractivity contribution in [2.75, 3.05) is 13.2 Å². The minimum Gasteiger partial charge on any atom is -0.490 e. The molecule has 0 atom stereocenters. The van der Waals surface area contributed by atoms with Crippen molar-refractivity contribution in [3.8, 4) is 11.8 Å². The molecule has 1 aromatic carbocycles. The fourth-order valence-corrected chi connectivity index (χ4v) is 2.16. The van der Waals surface area contributed by atoms with Crippen LogP contribution in [0.4, 0.5) is 4.39 Å². The Balaban J connectivity index is 1.90. The van der Waals surface area contributed by atoms with Gasteiger partial charge in [0.2, 0.25) is 5.91 Å². The van der Waals surface area contributed by atoms with Crippen molar-refractivity contribution in [1.29, 1.82) is 5.26 Å². The number of ether oxygens (including phenoxy) is 1. The molecular weight excluding hydrogens is 309 g/mol. The second-order valence-corrected chi connectivity index (χ2v) is 5.11. The van der Waals surface area contributed by atoms with E-state index >= 15 is 0 Å². The van der Waals surface area contributed by atoms with E-state index in [-0.39, 0.29) is 31.1 Å². The summed E-state index contributed by atoms with van der Waals surface area (Å²) in [6, 6.07) is 11.8. The quantitative estimate of drug-likeness (QED) is 0.748. The van der Waals surface area contributed by atoms with E-state index in [4.69, 9.17) is 10.00 Å². The van der Waals surface area contributed by atoms with E-state index in [0.29, 0.717) is 13.1 Å². The number of aromatic nitrogens is 1. The molecule has 0 aliphatic heterocycles. The van der Waals surface area contributed by atoms with E-state index in [1.807, 2.05) is 12.1 Å². The summed E-state index contributed by atoms with van der Waals surface area (Å²) in [7, 11) is 0. The number of carbonyl (C=O) groups excluding carboxylic acids is 1. The molecule has 0 fully saturated rings. The smallest absolute Gasteiger partial charge is 0.226 e. The Hall–Kier alpha value is -2.94. The summed E-state index contributed by atoms with van der Waals surface area (Å²) in [6.07, 6.45) is 3.70. The van der Waals surface area contributed by atoms with Gasteiger partial charge in [0.1, 0.15) is 0 Å². The zero-order valence-electron chi connectivity index (χ0n) is 13.2. The van der Waals surface area contributed by atoms with Crippen molar-refractivity contribution in [3.63, 3.8) is 0 Å². The maximum Gasteiger partial charge on any atom is 0.226 e. The lowest BCUT2D eigenvalue weighted by atomic mass is 10.2. The predicted molar refractivity (Wildman–Crippen MR) is 86.4 cm³/mol. The number of hydrogen-bond acceptors (Lipinski definition) is 4. The molecule has 0 bridgehead atoms. The number of rotatable bonds is 8. The van der Waals surface area contributed by atoms with Crippen LogP contribution in [-0.2, 0) is 11.3 Å². The van der Waals surface area contributed by atoms with E-state index in [9.17, 15) is 9.18 Å². The summed E-state index contributed by atoms with van der Waals surface area (Å²) in [5.74, 6) is -0.478. The molecule has 5 nitrogen and oxygen atoms in total. The van der Waals surface area contributed by atoms with Crippen LogP contribution in [0, 0.1) is 17.1 Å². The van der Waals surface area contributed by atoms with E-state index < -0.39 is 5.82 Å². The number of hydrogen-bond donors (Lipinski definition) is 0. The summed E-state index contributed by atoms with van der Waals surface area (Å²) in [4.78, 5) is 18.0. The van der Waals surface area contributed by atoms with Crippen LogP contribution in [0.15, 0.2) is 48.8 Å². The molecule has 0 N–H and O–H groups in total. The molecular formula is C18H18FN3O2. The number of halogens is 1. The number of nitrogens with zero attached hydrogens (tertiary/aromatic N) is 3. The van der Waals surface area contributed by atoms with Gasteiger partial charge in [0.15, 0.2) is 11.6 Å². The van der Waals surface area contributed by atoms with Gasteiger partial charge < -0.3 is 9.64 Å². The summed E-state index contributed by atoms with van der Waals surface area (Å²) < 4.78 is 18.8. The third kappa shape index (κ3) is 5.36. The Bertz CT molecular complexity index is 701. The normalized spacial score (nSPS) is 10.0. The second-order valence-electron chi connectivity index (χ2n) is 5.11. The number of benzene rings is 1. The first kappa shape index (κ1) is 17.4. The van der Waals surface area contributed by atoms with E-state index in [1.54, 1.807) is 35.5 Å². The molecule has 2 aromatic rings. The summed E-state index contributed by atoms with van der Waals surface area (Å²) in [5.41, 5.74) is 0.888. The number of para-hydroxylation sites is 1. The Morgan fingerprint density at radius 1 is 1.29 bits per heavy atom. The Morgan fingerprint density at radius 2 is 2.12 bits per heavy atom. The van der Waals surface area contributed by atoms with Crippen LogP contribution >= 0.6 is 0 Å². The highest BCUT2D eigenvalue weighted by atomic mass is 19.1. The Morgan fingerprint density at radius 3 is 2.83 bits per heavy atom. The van der Waals surface area contributed by atoms with Crippen molar-refractivity contribution < 1.29 is 13.9 Å². The fraction of sp³-hybridized carbons (Fsp3) is 0.278. The summed E-state index contributed by atoms with van der Waals surface area (Å²) in [6.45, 7) is 0.799. The molecule has 2 rings (SSSR count). The molecule has 0 radical (unpaired) electrons. The van der Waals surface area contributed by atoms with Crippen molar-refractivity contribution in [1.82, 2.24) is 9.88 Å². The van der Waals surface area contributed by atoms with Crippen LogP contribution in [0.3, 0.4) is 0 Å². The lowest BCUT2D eigenvalue weighted by Gasteiger charge is -2.21. The highest BCUT2D eigenvalue weighted by Gasteiger charge is 2.14. The number of carbonyl (C=O) groups is 1. The highest BCUT2D eigenvalue weighted by molar-refractivity contribution is 5.76. The first-order valence-corrected chi connectivity index (χ1v) is 7.61. The maximum absolute atomic E-state index is 13.5. The standard InChI is InChI=1S/C18H18FN3O2/c19-16-6-1-2-7-17(16)24-12-8-18(23)22(11-4-9-20)14-15-5-3-10-21-13-15/h1-3,5-7,10,13H,4,8,11-12,14H2. The van der Waals surface area contributed by atoms with Crippen LogP contribution in [0.5, 0.6) is 5.75 Å². The van der Waals surface area contributed by atoms with Gasteiger partial charge in [0, 0.05) is 25.5 Å². The van der Waals surface area contributed by atoms with E-state index in [0.717, 1.165) is 5.56 Å². The summed E-state index contributed by atoms with van der Waals surface area (Å²) >= 11 is 0. The third-order valence-electron chi connectivity index (χ3n) is 3.35. The van der Waals surface area contributed by atoms with Crippen molar-refractivity contribution in [2.45, 2.75) is 19.4 Å². The number of amides is 1. The lowest BCUT2D eigenvalue weighted by Crippen LogP contribution is -2.32. The largest absolute Gasteiger partial charge is 0.490 e. The zero-order valence-corrected chi connectivity index (χ0v) is 13.2. The molecule has 0 unspecified atom stereocenters. The van der Waals surface area contributed by atoms with Crippen LogP contribution in [0.25, 0.3) is 0 Å². The minimum absolute atomic E-state index is 0.0792. The molecule has 0 saturated heterocycles. The Labute approximate surface area is 140 Å². The van der Waals surface area contributed by atoms with Gasteiger partial charge in [-0.15, -0.1) is 0 Å². The van der Waals surface area contributed by atoms with Crippen LogP contribution in [0.2, 0.25) is 0 Å². The predicted octanol–water partition coefficient (Wildman–Crippen LogP) is 2.93. The zero-order chi connectivity index (χ0) is 17.2. The average Bonchev–Trinajstić information content (AvgIpc) is 2.61. The fourth-order valence-electron chi connectivity index (χ4n) is 2.16. The first-order valence-electron chi connectivity index (χ1n) is 7.61. The van der Waals surface area contributed by atoms with Gasteiger partial charge in [0.25, 0.3) is 0 Å². The number of pyridine rings is 1. The van der Waals surface area contributed by atoms with Gasteiger partial charge in [-0.05, 0) is 23.8 Å². The topological polar surface area (TPSA) is 66.2 Å². The van der Waals surface area contributed by atoms with E-state index in [1.165, 1.54) is 12.1 Å². The first-order chi connectivity index (χ1) is 11.7. The molecule has 24 heavy (non-hydrogen) atoms. The number of nitriles is 1. The molecule has 124 valence electrons. The molecule has 0 spiro atoms. The molecule has 1 amide bonds. The van der Waals surface area contributed by atoms with Gasteiger partial charge in [-0.25, -0.2) is 4.39 Å². The van der Waals surface area contributed by atoms with Gasteiger partial charge in [0.05, 0.1) is 25.5 Å². The van der Waals surface area contributed by atoms with Crippen LogP contribution in [0.1, 0.15) is 18.4 Å². The van der Waals surface area contributed by atoms with Crippen LogP contribution < -0.4 is 4.74 Å². The van der Waals surface area contributed by atoms with E-state index in [2.05, 4.69) is 4.98 Å². The van der Waals surface area contributed by atoms with Gasteiger partial charge in [-0.3, -0.25) is 9.78 Å². The monoisotopic (exact) mass is 327 g/mol. The van der Waals surface area contributed by atoms with Crippen LogP contribution in [-0.4, -0.2) is 28.9 Å². The molecule has 6 heteroatoms. The van der Waals surface area contributed by atoms with Crippen molar-refractivity contribution in [3.05, 3.63) is 60.2 Å². The molecule has 0 aliphatic carbocycles. The summed E-state index contributed by atoms with van der Waals surface area (Å²) in [5, 5.41) is 8.75. The van der Waals surface area contributed by atoms with Gasteiger partial charge in [-0.2, -0.15) is 5.26 Å². The van der Waals surface area contributed by atoms with Gasteiger partial charge >= 0.3 is 0 Å². The van der Waals surface area contributed by atoms with Crippen molar-refractivity contribution in [2.24, 2.45) is 0 Å². The second kappa shape index (κ2) is 9.26.